The van der Waals surface area contributed by atoms with Crippen molar-refractivity contribution in [1.29, 1.82) is 0 Å². The van der Waals surface area contributed by atoms with Gasteiger partial charge in [-0.15, -0.1) is 0 Å². The highest BCUT2D eigenvalue weighted by Gasteiger charge is 2.26. The molecule has 2 heterocycles. The third kappa shape index (κ3) is 5.10. The van der Waals surface area contributed by atoms with Crippen molar-refractivity contribution in [3.63, 3.8) is 0 Å². The number of ether oxygens (including phenoxy) is 1. The fraction of sp³-hybridized carbons (Fsp3) is 0.280. The summed E-state index contributed by atoms with van der Waals surface area (Å²) in [6.07, 6.45) is 1.38. The van der Waals surface area contributed by atoms with Gasteiger partial charge in [0.25, 0.3) is 0 Å². The van der Waals surface area contributed by atoms with E-state index >= 15 is 0 Å². The summed E-state index contributed by atoms with van der Waals surface area (Å²) in [6, 6.07) is 22.5. The Morgan fingerprint density at radius 2 is 1.83 bits per heavy atom. The standard InChI is InChI=1S/C25H25FN2O2/c26-22-11-5-4-9-20(22)17-21-10-6-12-23(27-21)24-18-28(15-16-30-24)25(29)14-13-19-7-2-1-3-8-19/h1-12,24H,13-18H2. The van der Waals surface area contributed by atoms with Crippen molar-refractivity contribution in [2.45, 2.75) is 25.4 Å². The van der Waals surface area contributed by atoms with Crippen LogP contribution in [-0.2, 0) is 22.4 Å². The Morgan fingerprint density at radius 1 is 1.03 bits per heavy atom. The molecule has 4 rings (SSSR count). The van der Waals surface area contributed by atoms with Crippen LogP contribution in [0.2, 0.25) is 0 Å². The van der Waals surface area contributed by atoms with Crippen LogP contribution >= 0.6 is 0 Å². The van der Waals surface area contributed by atoms with Gasteiger partial charge in [0, 0.05) is 25.1 Å². The number of rotatable bonds is 6. The number of carbonyl (C=O) groups is 1. The summed E-state index contributed by atoms with van der Waals surface area (Å²) in [5.41, 5.74) is 3.35. The topological polar surface area (TPSA) is 42.4 Å². The number of halogens is 1. The molecule has 1 aliphatic heterocycles. The maximum Gasteiger partial charge on any atom is 0.223 e. The van der Waals surface area contributed by atoms with Gasteiger partial charge in [0.1, 0.15) is 11.9 Å². The lowest BCUT2D eigenvalue weighted by Gasteiger charge is -2.33. The first kappa shape index (κ1) is 20.2. The first-order chi connectivity index (χ1) is 14.7. The zero-order chi connectivity index (χ0) is 20.8. The van der Waals surface area contributed by atoms with Gasteiger partial charge >= 0.3 is 0 Å². The van der Waals surface area contributed by atoms with Crippen LogP contribution in [0.3, 0.4) is 0 Å². The van der Waals surface area contributed by atoms with Crippen LogP contribution in [0.5, 0.6) is 0 Å². The molecule has 1 saturated heterocycles. The van der Waals surface area contributed by atoms with Gasteiger partial charge < -0.3 is 9.64 Å². The molecule has 0 saturated carbocycles. The summed E-state index contributed by atoms with van der Waals surface area (Å²) < 4.78 is 19.9. The van der Waals surface area contributed by atoms with Crippen LogP contribution in [0.25, 0.3) is 0 Å². The smallest absolute Gasteiger partial charge is 0.223 e. The molecule has 4 nitrogen and oxygen atoms in total. The van der Waals surface area contributed by atoms with E-state index in [-0.39, 0.29) is 17.8 Å². The average Bonchev–Trinajstić information content (AvgIpc) is 2.80. The SMILES string of the molecule is O=C(CCc1ccccc1)N1CCOC(c2cccc(Cc3ccccc3F)n2)C1. The molecule has 154 valence electrons. The lowest BCUT2D eigenvalue weighted by molar-refractivity contribution is -0.139. The molecule has 0 bridgehead atoms. The van der Waals surface area contributed by atoms with Crippen LogP contribution in [0.4, 0.5) is 4.39 Å². The predicted octanol–water partition coefficient (Wildman–Crippen LogP) is 4.34. The molecule has 1 aliphatic rings. The van der Waals surface area contributed by atoms with Gasteiger partial charge in [-0.1, -0.05) is 54.6 Å². The minimum absolute atomic E-state index is 0.134. The number of aromatic nitrogens is 1. The van der Waals surface area contributed by atoms with E-state index in [1.165, 1.54) is 6.07 Å². The molecule has 1 unspecified atom stereocenters. The van der Waals surface area contributed by atoms with Crippen molar-refractivity contribution >= 4 is 5.91 Å². The third-order valence-electron chi connectivity index (χ3n) is 5.38. The van der Waals surface area contributed by atoms with E-state index in [0.717, 1.165) is 23.4 Å². The Balaban J connectivity index is 1.39. The number of aryl methyl sites for hydroxylation is 1. The number of hydrogen-bond donors (Lipinski definition) is 0. The molecule has 0 spiro atoms. The van der Waals surface area contributed by atoms with E-state index in [1.807, 2.05) is 59.5 Å². The first-order valence-corrected chi connectivity index (χ1v) is 10.3. The minimum Gasteiger partial charge on any atom is -0.368 e. The number of benzene rings is 2. The van der Waals surface area contributed by atoms with Crippen molar-refractivity contribution < 1.29 is 13.9 Å². The third-order valence-corrected chi connectivity index (χ3v) is 5.38. The van der Waals surface area contributed by atoms with Gasteiger partial charge in [0.2, 0.25) is 5.91 Å². The molecule has 0 aliphatic carbocycles. The fourth-order valence-corrected chi connectivity index (χ4v) is 3.72. The van der Waals surface area contributed by atoms with E-state index in [2.05, 4.69) is 0 Å². The number of nitrogens with zero attached hydrogens (tertiary/aromatic N) is 2. The number of morpholine rings is 1. The molecule has 5 heteroatoms. The summed E-state index contributed by atoms with van der Waals surface area (Å²) in [7, 11) is 0. The number of pyridine rings is 1. The second-order valence-corrected chi connectivity index (χ2v) is 7.51. The van der Waals surface area contributed by atoms with Crippen molar-refractivity contribution in [2.75, 3.05) is 19.7 Å². The highest BCUT2D eigenvalue weighted by Crippen LogP contribution is 2.22. The fourth-order valence-electron chi connectivity index (χ4n) is 3.72. The van der Waals surface area contributed by atoms with Gasteiger partial charge in [-0.3, -0.25) is 9.78 Å². The molecular formula is C25H25FN2O2. The molecule has 2 aromatic carbocycles. The Labute approximate surface area is 176 Å². The Hall–Kier alpha value is -3.05. The summed E-state index contributed by atoms with van der Waals surface area (Å²) in [6.45, 7) is 1.57. The van der Waals surface area contributed by atoms with E-state index in [4.69, 9.17) is 9.72 Å². The largest absolute Gasteiger partial charge is 0.368 e. The second kappa shape index (κ2) is 9.63. The summed E-state index contributed by atoms with van der Waals surface area (Å²) in [5, 5.41) is 0. The van der Waals surface area contributed by atoms with Crippen molar-refractivity contribution in [2.24, 2.45) is 0 Å². The second-order valence-electron chi connectivity index (χ2n) is 7.51. The highest BCUT2D eigenvalue weighted by atomic mass is 19.1. The average molecular weight is 404 g/mol. The van der Waals surface area contributed by atoms with Crippen LogP contribution in [0, 0.1) is 5.82 Å². The molecule has 1 fully saturated rings. The molecule has 0 N–H and O–H groups in total. The van der Waals surface area contributed by atoms with E-state index in [1.54, 1.807) is 12.1 Å². The van der Waals surface area contributed by atoms with Gasteiger partial charge in [-0.25, -0.2) is 4.39 Å². The predicted molar refractivity (Wildman–Crippen MR) is 113 cm³/mol. The Morgan fingerprint density at radius 3 is 2.67 bits per heavy atom. The van der Waals surface area contributed by atoms with Crippen molar-refractivity contribution in [1.82, 2.24) is 9.88 Å². The van der Waals surface area contributed by atoms with E-state index in [0.29, 0.717) is 38.1 Å². The molecule has 0 radical (unpaired) electrons. The molecule has 30 heavy (non-hydrogen) atoms. The Bertz CT molecular complexity index is 993. The van der Waals surface area contributed by atoms with Gasteiger partial charge in [0.05, 0.1) is 18.8 Å². The zero-order valence-corrected chi connectivity index (χ0v) is 16.8. The lowest BCUT2D eigenvalue weighted by Crippen LogP contribution is -2.42. The lowest BCUT2D eigenvalue weighted by atomic mass is 10.1. The summed E-state index contributed by atoms with van der Waals surface area (Å²) in [4.78, 5) is 19.3. The first-order valence-electron chi connectivity index (χ1n) is 10.3. The maximum atomic E-state index is 14.0. The van der Waals surface area contributed by atoms with Crippen LogP contribution < -0.4 is 0 Å². The monoisotopic (exact) mass is 404 g/mol. The zero-order valence-electron chi connectivity index (χ0n) is 16.8. The normalized spacial score (nSPS) is 16.4. The summed E-state index contributed by atoms with van der Waals surface area (Å²) >= 11 is 0. The molecule has 1 atom stereocenters. The van der Waals surface area contributed by atoms with Gasteiger partial charge in [-0.05, 0) is 35.7 Å². The number of amides is 1. The maximum absolute atomic E-state index is 14.0. The molecule has 3 aromatic rings. The minimum atomic E-state index is -0.264. The number of hydrogen-bond acceptors (Lipinski definition) is 3. The van der Waals surface area contributed by atoms with Crippen LogP contribution in [0.15, 0.2) is 72.8 Å². The van der Waals surface area contributed by atoms with Crippen LogP contribution in [-0.4, -0.2) is 35.5 Å². The Kier molecular flexibility index (Phi) is 6.50. The van der Waals surface area contributed by atoms with E-state index < -0.39 is 0 Å². The van der Waals surface area contributed by atoms with Gasteiger partial charge in [0.15, 0.2) is 0 Å². The van der Waals surface area contributed by atoms with Crippen molar-refractivity contribution in [3.05, 3.63) is 101 Å². The van der Waals surface area contributed by atoms with Gasteiger partial charge in [-0.2, -0.15) is 0 Å². The quantitative estimate of drug-likeness (QED) is 0.614. The molecular weight excluding hydrogens is 379 g/mol. The van der Waals surface area contributed by atoms with Crippen molar-refractivity contribution in [3.8, 4) is 0 Å². The number of carbonyl (C=O) groups excluding carboxylic acids is 1. The molecule has 1 aromatic heterocycles. The van der Waals surface area contributed by atoms with E-state index in [9.17, 15) is 9.18 Å². The highest BCUT2D eigenvalue weighted by molar-refractivity contribution is 5.76. The van der Waals surface area contributed by atoms with Crippen LogP contribution in [0.1, 0.15) is 35.0 Å². The summed E-state index contributed by atoms with van der Waals surface area (Å²) in [5.74, 6) is -0.0940. The molecule has 1 amide bonds.